The normalized spacial score (nSPS) is 11.4. The van der Waals surface area contributed by atoms with Crippen molar-refractivity contribution in [1.82, 2.24) is 20.4 Å². The first-order valence-electron chi connectivity index (χ1n) is 8.53. The van der Waals surface area contributed by atoms with Crippen LogP contribution in [-0.2, 0) is 5.75 Å². The van der Waals surface area contributed by atoms with Crippen LogP contribution in [0.25, 0.3) is 0 Å². The van der Waals surface area contributed by atoms with Crippen LogP contribution < -0.4 is 5.43 Å². The fourth-order valence-corrected chi connectivity index (χ4v) is 3.38. The van der Waals surface area contributed by atoms with Gasteiger partial charge < -0.3 is 4.98 Å². The van der Waals surface area contributed by atoms with Crippen molar-refractivity contribution in [1.29, 1.82) is 0 Å². The number of aryl methyl sites for hydroxylation is 2. The van der Waals surface area contributed by atoms with Gasteiger partial charge in [0.25, 0.3) is 5.91 Å². The van der Waals surface area contributed by atoms with E-state index in [4.69, 9.17) is 0 Å². The quantitative estimate of drug-likeness (QED) is 0.295. The van der Waals surface area contributed by atoms with Gasteiger partial charge in [0.1, 0.15) is 0 Å². The Morgan fingerprint density at radius 1 is 1.15 bits per heavy atom. The lowest BCUT2D eigenvalue weighted by Crippen LogP contribution is -2.19. The molecule has 138 valence electrons. The minimum atomic E-state index is -0.238. The molecule has 0 aliphatic heterocycles. The lowest BCUT2D eigenvalue weighted by Gasteiger charge is -2.05. The van der Waals surface area contributed by atoms with Gasteiger partial charge in [-0.05, 0) is 56.7 Å². The van der Waals surface area contributed by atoms with Crippen LogP contribution in [0.2, 0.25) is 0 Å². The molecular weight excluding hydrogens is 358 g/mol. The number of hydrazone groups is 1. The highest BCUT2D eigenvalue weighted by Gasteiger charge is 2.07. The van der Waals surface area contributed by atoms with Crippen molar-refractivity contribution in [3.05, 3.63) is 76.9 Å². The van der Waals surface area contributed by atoms with Crippen molar-refractivity contribution in [2.45, 2.75) is 31.7 Å². The van der Waals surface area contributed by atoms with Crippen LogP contribution >= 0.6 is 11.8 Å². The standard InChI is InChI=1S/C20H21N5OS/c1-13-11-14(2)23-20(22-13)27-12-16-6-8-17(9-7-16)19(26)25-24-15(3)18-5-4-10-21-18/h4-11,21H,12H2,1-3H3,(H,25,26)/b24-15-. The Balaban J connectivity index is 1.58. The second-order valence-electron chi connectivity index (χ2n) is 6.14. The third-order valence-corrected chi connectivity index (χ3v) is 4.78. The molecule has 0 saturated carbocycles. The first-order valence-corrected chi connectivity index (χ1v) is 9.52. The first kappa shape index (κ1) is 18.8. The van der Waals surface area contributed by atoms with E-state index in [-0.39, 0.29) is 5.91 Å². The molecule has 1 aromatic carbocycles. The number of nitrogens with one attached hydrogen (secondary N) is 2. The molecule has 0 saturated heterocycles. The Bertz CT molecular complexity index is 929. The maximum Gasteiger partial charge on any atom is 0.271 e. The number of aromatic amines is 1. The highest BCUT2D eigenvalue weighted by Crippen LogP contribution is 2.20. The van der Waals surface area contributed by atoms with E-state index in [0.29, 0.717) is 5.56 Å². The van der Waals surface area contributed by atoms with Crippen LogP contribution in [-0.4, -0.2) is 26.6 Å². The van der Waals surface area contributed by atoms with Crippen molar-refractivity contribution in [3.8, 4) is 0 Å². The highest BCUT2D eigenvalue weighted by molar-refractivity contribution is 7.98. The first-order chi connectivity index (χ1) is 13.0. The molecule has 27 heavy (non-hydrogen) atoms. The zero-order valence-electron chi connectivity index (χ0n) is 15.5. The van der Waals surface area contributed by atoms with Crippen LogP contribution in [0.4, 0.5) is 0 Å². The second-order valence-corrected chi connectivity index (χ2v) is 7.08. The predicted molar refractivity (Wildman–Crippen MR) is 108 cm³/mol. The molecule has 0 atom stereocenters. The Hall–Kier alpha value is -2.93. The number of hydrogen-bond acceptors (Lipinski definition) is 5. The summed E-state index contributed by atoms with van der Waals surface area (Å²) in [5.74, 6) is 0.507. The topological polar surface area (TPSA) is 83.0 Å². The van der Waals surface area contributed by atoms with Gasteiger partial charge in [-0.15, -0.1) is 0 Å². The van der Waals surface area contributed by atoms with E-state index in [1.807, 2.05) is 57.3 Å². The monoisotopic (exact) mass is 379 g/mol. The Labute approximate surface area is 162 Å². The summed E-state index contributed by atoms with van der Waals surface area (Å²) in [5.41, 5.74) is 7.77. The molecule has 0 radical (unpaired) electrons. The molecule has 0 unspecified atom stereocenters. The molecule has 0 bridgehead atoms. The molecule has 2 aromatic heterocycles. The number of rotatable bonds is 6. The molecule has 0 aliphatic rings. The summed E-state index contributed by atoms with van der Waals surface area (Å²) in [4.78, 5) is 24.1. The van der Waals surface area contributed by atoms with Gasteiger partial charge in [0.05, 0.1) is 11.4 Å². The highest BCUT2D eigenvalue weighted by atomic mass is 32.2. The summed E-state index contributed by atoms with van der Waals surface area (Å²) in [5, 5.41) is 4.89. The van der Waals surface area contributed by atoms with Gasteiger partial charge >= 0.3 is 0 Å². The fraction of sp³-hybridized carbons (Fsp3) is 0.200. The molecule has 2 N–H and O–H groups in total. The van der Waals surface area contributed by atoms with Crippen LogP contribution in [0.1, 0.15) is 39.9 Å². The number of nitrogens with zero attached hydrogens (tertiary/aromatic N) is 3. The number of benzene rings is 1. The molecule has 1 amide bonds. The lowest BCUT2D eigenvalue weighted by atomic mass is 10.1. The van der Waals surface area contributed by atoms with E-state index < -0.39 is 0 Å². The van der Waals surface area contributed by atoms with Gasteiger partial charge in [0, 0.05) is 28.9 Å². The number of thioether (sulfide) groups is 1. The maximum absolute atomic E-state index is 12.2. The van der Waals surface area contributed by atoms with Gasteiger partial charge in [0.15, 0.2) is 5.16 Å². The lowest BCUT2D eigenvalue weighted by molar-refractivity contribution is 0.0955. The van der Waals surface area contributed by atoms with E-state index in [2.05, 4.69) is 25.5 Å². The zero-order valence-corrected chi connectivity index (χ0v) is 16.3. The Morgan fingerprint density at radius 2 is 1.85 bits per heavy atom. The second kappa shape index (κ2) is 8.64. The molecule has 0 aliphatic carbocycles. The van der Waals surface area contributed by atoms with Crippen molar-refractivity contribution < 1.29 is 4.79 Å². The summed E-state index contributed by atoms with van der Waals surface area (Å²) < 4.78 is 0. The number of H-pyrrole nitrogens is 1. The third-order valence-electron chi connectivity index (χ3n) is 3.86. The smallest absolute Gasteiger partial charge is 0.271 e. The number of hydrogen-bond donors (Lipinski definition) is 2. The SMILES string of the molecule is C/C(=N/NC(=O)c1ccc(CSc2nc(C)cc(C)n2)cc1)c1ccc[nH]1. The molecule has 0 fully saturated rings. The average Bonchev–Trinajstić information content (AvgIpc) is 3.19. The van der Waals surface area contributed by atoms with E-state index in [0.717, 1.165) is 39.3 Å². The molecule has 3 rings (SSSR count). The predicted octanol–water partition coefficient (Wildman–Crippen LogP) is 3.87. The van der Waals surface area contributed by atoms with E-state index in [1.54, 1.807) is 23.9 Å². The number of carbonyl (C=O) groups is 1. The summed E-state index contributed by atoms with van der Waals surface area (Å²) in [6.45, 7) is 5.76. The average molecular weight is 379 g/mol. The molecule has 0 spiro atoms. The van der Waals surface area contributed by atoms with E-state index >= 15 is 0 Å². The Morgan fingerprint density at radius 3 is 2.48 bits per heavy atom. The fourth-order valence-electron chi connectivity index (χ4n) is 2.47. The minimum absolute atomic E-state index is 0.238. The van der Waals surface area contributed by atoms with Gasteiger partial charge in [-0.25, -0.2) is 15.4 Å². The molecule has 6 nitrogen and oxygen atoms in total. The summed E-state index contributed by atoms with van der Waals surface area (Å²) in [7, 11) is 0. The molecule has 2 heterocycles. The molecule has 3 aromatic rings. The minimum Gasteiger partial charge on any atom is -0.360 e. The van der Waals surface area contributed by atoms with Crippen molar-refractivity contribution in [3.63, 3.8) is 0 Å². The summed E-state index contributed by atoms with van der Waals surface area (Å²) in [6.07, 6.45) is 1.82. The van der Waals surface area contributed by atoms with Crippen LogP contribution in [0, 0.1) is 13.8 Å². The van der Waals surface area contributed by atoms with Gasteiger partial charge in [-0.2, -0.15) is 5.10 Å². The van der Waals surface area contributed by atoms with Crippen molar-refractivity contribution in [2.75, 3.05) is 0 Å². The number of aromatic nitrogens is 3. The maximum atomic E-state index is 12.2. The van der Waals surface area contributed by atoms with E-state index in [1.165, 1.54) is 0 Å². The van der Waals surface area contributed by atoms with Gasteiger partial charge in [-0.3, -0.25) is 4.79 Å². The van der Waals surface area contributed by atoms with Crippen molar-refractivity contribution >= 4 is 23.4 Å². The number of amides is 1. The van der Waals surface area contributed by atoms with Gasteiger partial charge in [-0.1, -0.05) is 23.9 Å². The zero-order chi connectivity index (χ0) is 19.2. The van der Waals surface area contributed by atoms with Crippen LogP contribution in [0.3, 0.4) is 0 Å². The Kier molecular flexibility index (Phi) is 6.03. The largest absolute Gasteiger partial charge is 0.360 e. The van der Waals surface area contributed by atoms with Crippen molar-refractivity contribution in [2.24, 2.45) is 5.10 Å². The summed E-state index contributed by atoms with van der Waals surface area (Å²) in [6, 6.07) is 13.2. The van der Waals surface area contributed by atoms with Crippen LogP contribution in [0.5, 0.6) is 0 Å². The van der Waals surface area contributed by atoms with Gasteiger partial charge in [0.2, 0.25) is 0 Å². The third kappa shape index (κ3) is 5.27. The molecular formula is C20H21N5OS. The van der Waals surface area contributed by atoms with E-state index in [9.17, 15) is 4.79 Å². The summed E-state index contributed by atoms with van der Waals surface area (Å²) >= 11 is 1.58. The molecule has 7 heteroatoms. The van der Waals surface area contributed by atoms with Crippen LogP contribution in [0.15, 0.2) is 58.9 Å². The number of carbonyl (C=O) groups excluding carboxylic acids is 1.